The largest absolute Gasteiger partial charge is 0.389 e. The summed E-state index contributed by atoms with van der Waals surface area (Å²) in [6.45, 7) is 0. The van der Waals surface area contributed by atoms with Gasteiger partial charge in [0.1, 0.15) is 5.19 Å². The highest BCUT2D eigenvalue weighted by Gasteiger charge is 2.58. The van der Waals surface area contributed by atoms with E-state index in [4.69, 9.17) is 49.3 Å². The quantitative estimate of drug-likeness (QED) is 0.347. The summed E-state index contributed by atoms with van der Waals surface area (Å²) in [5.41, 5.74) is 0. The molecule has 1 fully saturated rings. The van der Waals surface area contributed by atoms with Gasteiger partial charge in [0.25, 0.3) is 7.87 Å². The van der Waals surface area contributed by atoms with Crippen molar-refractivity contribution in [1.82, 2.24) is 0 Å². The molecule has 0 amide bonds. The van der Waals surface area contributed by atoms with E-state index in [-0.39, 0.29) is 0 Å². The minimum absolute atomic E-state index is 0.472. The first-order valence-corrected chi connectivity index (χ1v) is 10.4. The molecule has 1 nitrogen and oxygen atoms in total. The Labute approximate surface area is 68.4 Å². The molecule has 1 heterocycles. The minimum atomic E-state index is -2.27. The zero-order chi connectivity index (χ0) is 6.36. The molecular formula is CH2Cl4OSi2. The fourth-order valence-corrected chi connectivity index (χ4v) is 8.62. The van der Waals surface area contributed by atoms with Crippen LogP contribution in [0.4, 0.5) is 0 Å². The van der Waals surface area contributed by atoms with Gasteiger partial charge in [0.2, 0.25) is 0 Å². The maximum Gasteiger partial charge on any atom is 0.325 e. The molecule has 1 aliphatic heterocycles. The molecule has 2 atom stereocenters. The van der Waals surface area contributed by atoms with Crippen LogP contribution in [-0.4, -0.2) is 19.3 Å². The first-order valence-electron chi connectivity index (χ1n) is 1.86. The number of alkyl halides is 1. The van der Waals surface area contributed by atoms with Crippen molar-refractivity contribution in [1.29, 1.82) is 0 Å². The van der Waals surface area contributed by atoms with Crippen molar-refractivity contribution in [3.63, 3.8) is 0 Å². The molecule has 0 aromatic heterocycles. The molecule has 2 unspecified atom stereocenters. The van der Waals surface area contributed by atoms with Crippen molar-refractivity contribution in [3.8, 4) is 0 Å². The third-order valence-electron chi connectivity index (χ3n) is 0.844. The van der Waals surface area contributed by atoms with Crippen molar-refractivity contribution in [2.45, 2.75) is 5.19 Å². The van der Waals surface area contributed by atoms with E-state index in [0.717, 1.165) is 0 Å². The third-order valence-corrected chi connectivity index (χ3v) is 18.9. The van der Waals surface area contributed by atoms with Gasteiger partial charge in [0.05, 0.1) is 0 Å². The summed E-state index contributed by atoms with van der Waals surface area (Å²) in [5, 5.41) is -0.472. The number of hydrogen-bond acceptors (Lipinski definition) is 1. The summed E-state index contributed by atoms with van der Waals surface area (Å²) < 4.78 is 4.82. The Morgan fingerprint density at radius 3 is 2.00 bits per heavy atom. The third kappa shape index (κ3) is 1.05. The van der Waals surface area contributed by atoms with Crippen molar-refractivity contribution in [3.05, 3.63) is 0 Å². The van der Waals surface area contributed by atoms with Gasteiger partial charge < -0.3 is 4.43 Å². The lowest BCUT2D eigenvalue weighted by atomic mass is 11.7. The van der Waals surface area contributed by atoms with Gasteiger partial charge in [-0.3, -0.25) is 0 Å². The summed E-state index contributed by atoms with van der Waals surface area (Å²) in [6.07, 6.45) is -2.27. The van der Waals surface area contributed by atoms with E-state index in [1.54, 1.807) is 0 Å². The van der Waals surface area contributed by atoms with Crippen LogP contribution in [0.3, 0.4) is 0 Å². The SMILES string of the molecule is ClC1O[SiH](Cl)[Si]1(Cl)Cl. The second kappa shape index (κ2) is 2.30. The molecule has 0 saturated carbocycles. The van der Waals surface area contributed by atoms with E-state index in [2.05, 4.69) is 0 Å². The highest BCUT2D eigenvalue weighted by molar-refractivity contribution is 7.80. The molecule has 0 aliphatic carbocycles. The Bertz CT molecular complexity index is 96.2. The summed E-state index contributed by atoms with van der Waals surface area (Å²) in [7, 11) is -1.73. The van der Waals surface area contributed by atoms with E-state index in [0.29, 0.717) is 0 Å². The molecule has 0 bridgehead atoms. The van der Waals surface area contributed by atoms with Crippen LogP contribution in [-0.2, 0) is 4.43 Å². The van der Waals surface area contributed by atoms with Crippen LogP contribution in [0, 0.1) is 0 Å². The lowest BCUT2D eigenvalue weighted by Gasteiger charge is -2.36. The smallest absolute Gasteiger partial charge is 0.325 e. The maximum absolute atomic E-state index is 5.68. The Hall–Kier alpha value is 1.55. The van der Waals surface area contributed by atoms with Crippen LogP contribution in [0.2, 0.25) is 0 Å². The van der Waals surface area contributed by atoms with Gasteiger partial charge in [0.15, 0.2) is 0 Å². The number of rotatable bonds is 0. The topological polar surface area (TPSA) is 9.23 Å². The maximum atomic E-state index is 5.68. The van der Waals surface area contributed by atoms with Gasteiger partial charge in [-0.1, -0.05) is 11.6 Å². The van der Waals surface area contributed by atoms with Crippen LogP contribution in [0.5, 0.6) is 0 Å². The van der Waals surface area contributed by atoms with E-state index in [1.807, 2.05) is 0 Å². The average Bonchev–Trinajstić information content (AvgIpc) is 1.68. The molecule has 8 heavy (non-hydrogen) atoms. The highest BCUT2D eigenvalue weighted by Crippen LogP contribution is 2.39. The Balaban J connectivity index is 2.52. The first-order chi connectivity index (χ1) is 3.55. The van der Waals surface area contributed by atoms with Gasteiger partial charge in [-0.15, -0.1) is 33.2 Å². The van der Waals surface area contributed by atoms with Crippen LogP contribution in [0.25, 0.3) is 0 Å². The van der Waals surface area contributed by atoms with E-state index in [9.17, 15) is 0 Å². The zero-order valence-electron chi connectivity index (χ0n) is 3.57. The fourth-order valence-electron chi connectivity index (χ4n) is 0.317. The van der Waals surface area contributed by atoms with Crippen molar-refractivity contribution in [2.24, 2.45) is 0 Å². The van der Waals surface area contributed by atoms with Crippen LogP contribution in [0.1, 0.15) is 0 Å². The van der Waals surface area contributed by atoms with Crippen molar-refractivity contribution in [2.75, 3.05) is 0 Å². The Kier molecular flexibility index (Phi) is 2.21. The Morgan fingerprint density at radius 1 is 1.50 bits per heavy atom. The average molecular weight is 228 g/mol. The molecule has 0 N–H and O–H groups in total. The molecular weight excluding hydrogens is 226 g/mol. The summed E-state index contributed by atoms with van der Waals surface area (Å²) in [5.74, 6) is 0. The summed E-state index contributed by atoms with van der Waals surface area (Å²) in [6, 6.07) is 0. The van der Waals surface area contributed by atoms with Crippen LogP contribution >= 0.6 is 44.8 Å². The van der Waals surface area contributed by atoms with Gasteiger partial charge in [-0.2, -0.15) is 0 Å². The van der Waals surface area contributed by atoms with Gasteiger partial charge in [-0.25, -0.2) is 0 Å². The molecule has 0 radical (unpaired) electrons. The minimum Gasteiger partial charge on any atom is -0.389 e. The predicted molar refractivity (Wildman–Crippen MR) is 41.2 cm³/mol. The molecule has 1 saturated heterocycles. The molecule has 1 rings (SSSR count). The first kappa shape index (κ1) is 7.66. The van der Waals surface area contributed by atoms with E-state index in [1.165, 1.54) is 0 Å². The van der Waals surface area contributed by atoms with Gasteiger partial charge >= 0.3 is 6.21 Å². The van der Waals surface area contributed by atoms with Crippen molar-refractivity contribution >= 4 is 58.9 Å². The summed E-state index contributed by atoms with van der Waals surface area (Å²) in [4.78, 5) is 0. The lowest BCUT2D eigenvalue weighted by molar-refractivity contribution is 0.346. The van der Waals surface area contributed by atoms with E-state index >= 15 is 0 Å². The molecule has 0 aromatic carbocycles. The van der Waals surface area contributed by atoms with Gasteiger partial charge in [0, 0.05) is 0 Å². The highest BCUT2D eigenvalue weighted by atomic mass is 35.7. The molecule has 0 aromatic rings. The fraction of sp³-hybridized carbons (Fsp3) is 1.00. The molecule has 1 aliphatic rings. The number of halogens is 4. The summed E-state index contributed by atoms with van der Waals surface area (Å²) >= 11 is 22.4. The lowest BCUT2D eigenvalue weighted by Crippen LogP contribution is -2.61. The van der Waals surface area contributed by atoms with Crippen molar-refractivity contribution < 1.29 is 4.43 Å². The molecule has 48 valence electrons. The molecule has 7 heteroatoms. The molecule has 0 spiro atoms. The van der Waals surface area contributed by atoms with Crippen LogP contribution < -0.4 is 0 Å². The van der Waals surface area contributed by atoms with E-state index < -0.39 is 19.3 Å². The Morgan fingerprint density at radius 2 is 2.00 bits per heavy atom. The standard InChI is InChI=1S/CH2Cl4OSi2/c2-1-6-7(3)8(1,4)5/h1,7H. The zero-order valence-corrected chi connectivity index (χ0v) is 8.75. The monoisotopic (exact) mass is 226 g/mol. The predicted octanol–water partition coefficient (Wildman–Crippen LogP) is 1.58. The normalized spacial score (nSPS) is 43.5. The second-order valence-electron chi connectivity index (χ2n) is 1.44. The van der Waals surface area contributed by atoms with Crippen LogP contribution in [0.15, 0.2) is 0 Å². The van der Waals surface area contributed by atoms with Gasteiger partial charge in [-0.05, 0) is 0 Å². The number of hydrogen-bond donors (Lipinski definition) is 0. The second-order valence-corrected chi connectivity index (χ2v) is 18.1.